The van der Waals surface area contributed by atoms with E-state index in [9.17, 15) is 4.79 Å². The fourth-order valence-electron chi connectivity index (χ4n) is 3.42. The van der Waals surface area contributed by atoms with E-state index in [0.717, 1.165) is 45.4 Å². The second kappa shape index (κ2) is 4.94. The molecule has 1 heterocycles. The molecule has 0 unspecified atom stereocenters. The molecule has 1 aliphatic heterocycles. The van der Waals surface area contributed by atoms with E-state index in [1.54, 1.807) is 0 Å². The number of primary amides is 1. The summed E-state index contributed by atoms with van der Waals surface area (Å²) in [5.41, 5.74) is 7.84. The van der Waals surface area contributed by atoms with E-state index in [2.05, 4.69) is 22.3 Å². The average molecular weight is 259 g/mol. The van der Waals surface area contributed by atoms with Crippen molar-refractivity contribution < 1.29 is 4.79 Å². The molecule has 1 saturated heterocycles. The number of nitrogens with two attached hydrogens (primary N) is 1. The Hall–Kier alpha value is -1.39. The highest BCUT2D eigenvalue weighted by molar-refractivity contribution is 5.86. The second-order valence-electron chi connectivity index (χ2n) is 5.61. The zero-order chi connectivity index (χ0) is 13.3. The highest BCUT2D eigenvalue weighted by Crippen LogP contribution is 2.34. The monoisotopic (exact) mass is 259 g/mol. The van der Waals surface area contributed by atoms with Gasteiger partial charge in [0, 0.05) is 32.5 Å². The molecule has 0 saturated carbocycles. The van der Waals surface area contributed by atoms with Crippen molar-refractivity contribution >= 4 is 5.91 Å². The molecule has 3 rings (SSSR count). The lowest BCUT2D eigenvalue weighted by atomic mass is 9.92. The molecule has 0 radical (unpaired) electrons. The van der Waals surface area contributed by atoms with Crippen molar-refractivity contribution in [3.63, 3.8) is 0 Å². The molecule has 1 amide bonds. The first-order chi connectivity index (χ1) is 9.22. The number of rotatable bonds is 2. The van der Waals surface area contributed by atoms with Gasteiger partial charge in [-0.2, -0.15) is 0 Å². The van der Waals surface area contributed by atoms with Crippen molar-refractivity contribution in [2.75, 3.05) is 26.2 Å². The van der Waals surface area contributed by atoms with E-state index >= 15 is 0 Å². The molecule has 0 aromatic heterocycles. The summed E-state index contributed by atoms with van der Waals surface area (Å²) in [5.74, 6) is -0.175. The van der Waals surface area contributed by atoms with Crippen LogP contribution in [0, 0.1) is 0 Å². The predicted molar refractivity (Wildman–Crippen MR) is 74.8 cm³/mol. The van der Waals surface area contributed by atoms with Crippen molar-refractivity contribution in [3.8, 4) is 0 Å². The Morgan fingerprint density at radius 3 is 2.47 bits per heavy atom. The van der Waals surface area contributed by atoms with E-state index in [1.165, 1.54) is 11.1 Å². The van der Waals surface area contributed by atoms with E-state index in [1.807, 2.05) is 12.1 Å². The number of carbonyl (C=O) groups is 1. The van der Waals surface area contributed by atoms with Crippen LogP contribution in [0.4, 0.5) is 0 Å². The molecule has 1 aromatic rings. The highest BCUT2D eigenvalue weighted by atomic mass is 16.1. The van der Waals surface area contributed by atoms with E-state index in [-0.39, 0.29) is 5.91 Å². The zero-order valence-electron chi connectivity index (χ0n) is 11.2. The average Bonchev–Trinajstić information content (AvgIpc) is 2.60. The number of hydrogen-bond acceptors (Lipinski definition) is 3. The van der Waals surface area contributed by atoms with Crippen LogP contribution in [0.15, 0.2) is 24.3 Å². The minimum atomic E-state index is -0.504. The lowest BCUT2D eigenvalue weighted by Crippen LogP contribution is -2.59. The Kier molecular flexibility index (Phi) is 3.29. The normalized spacial score (nSPS) is 22.7. The standard InChI is InChI=1S/C15H21N3O/c16-14(19)15(18-8-3-6-17-7-9-18)10-12-4-1-2-5-13(12)11-15/h1-2,4-5,17H,3,6-11H2,(H2,16,19). The predicted octanol–water partition coefficient (Wildman–Crippen LogP) is 0.305. The highest BCUT2D eigenvalue weighted by Gasteiger charge is 2.46. The molecule has 0 atom stereocenters. The molecule has 2 aliphatic rings. The minimum Gasteiger partial charge on any atom is -0.368 e. The third-order valence-corrected chi connectivity index (χ3v) is 4.49. The Balaban J connectivity index is 1.92. The molecule has 0 spiro atoms. The molecule has 1 fully saturated rings. The quantitative estimate of drug-likeness (QED) is 0.803. The minimum absolute atomic E-state index is 0.175. The van der Waals surface area contributed by atoms with Gasteiger partial charge in [0.15, 0.2) is 0 Å². The molecule has 4 heteroatoms. The molecule has 1 aliphatic carbocycles. The van der Waals surface area contributed by atoms with Crippen molar-refractivity contribution in [2.45, 2.75) is 24.8 Å². The first-order valence-electron chi connectivity index (χ1n) is 7.05. The van der Waals surface area contributed by atoms with Gasteiger partial charge in [0.25, 0.3) is 0 Å². The topological polar surface area (TPSA) is 58.4 Å². The number of benzene rings is 1. The Bertz CT molecular complexity index is 453. The van der Waals surface area contributed by atoms with Gasteiger partial charge in [0.2, 0.25) is 5.91 Å². The summed E-state index contributed by atoms with van der Waals surface area (Å²) in [5, 5.41) is 3.38. The lowest BCUT2D eigenvalue weighted by Gasteiger charge is -2.38. The van der Waals surface area contributed by atoms with E-state index in [4.69, 9.17) is 5.73 Å². The van der Waals surface area contributed by atoms with Crippen molar-refractivity contribution in [2.24, 2.45) is 5.73 Å². The van der Waals surface area contributed by atoms with Gasteiger partial charge in [-0.1, -0.05) is 24.3 Å². The molecule has 0 bridgehead atoms. The van der Waals surface area contributed by atoms with Crippen LogP contribution >= 0.6 is 0 Å². The van der Waals surface area contributed by atoms with E-state index < -0.39 is 5.54 Å². The van der Waals surface area contributed by atoms with Crippen LogP contribution in [0.3, 0.4) is 0 Å². The summed E-state index contributed by atoms with van der Waals surface area (Å²) in [4.78, 5) is 14.5. The number of nitrogens with zero attached hydrogens (tertiary/aromatic N) is 1. The van der Waals surface area contributed by atoms with Crippen LogP contribution in [0.2, 0.25) is 0 Å². The Morgan fingerprint density at radius 2 is 1.84 bits per heavy atom. The summed E-state index contributed by atoms with van der Waals surface area (Å²) in [6.07, 6.45) is 2.60. The molecule has 1 aromatic carbocycles. The largest absolute Gasteiger partial charge is 0.368 e. The van der Waals surface area contributed by atoms with Crippen LogP contribution in [0.1, 0.15) is 17.5 Å². The summed E-state index contributed by atoms with van der Waals surface area (Å²) in [6, 6.07) is 8.33. The maximum atomic E-state index is 12.2. The molecule has 19 heavy (non-hydrogen) atoms. The van der Waals surface area contributed by atoms with Crippen LogP contribution in [-0.2, 0) is 17.6 Å². The number of carbonyl (C=O) groups excluding carboxylic acids is 1. The van der Waals surface area contributed by atoms with Crippen LogP contribution in [-0.4, -0.2) is 42.5 Å². The van der Waals surface area contributed by atoms with Crippen LogP contribution in [0.5, 0.6) is 0 Å². The van der Waals surface area contributed by atoms with Gasteiger partial charge in [0.05, 0.1) is 0 Å². The first-order valence-corrected chi connectivity index (χ1v) is 7.05. The molecule has 102 valence electrons. The Labute approximate surface area is 114 Å². The van der Waals surface area contributed by atoms with Gasteiger partial charge in [-0.15, -0.1) is 0 Å². The van der Waals surface area contributed by atoms with Gasteiger partial charge in [0.1, 0.15) is 5.54 Å². The van der Waals surface area contributed by atoms with Gasteiger partial charge in [-0.25, -0.2) is 0 Å². The van der Waals surface area contributed by atoms with Crippen molar-refractivity contribution in [3.05, 3.63) is 35.4 Å². The molecular weight excluding hydrogens is 238 g/mol. The van der Waals surface area contributed by atoms with Crippen molar-refractivity contribution in [1.29, 1.82) is 0 Å². The third-order valence-electron chi connectivity index (χ3n) is 4.49. The second-order valence-corrected chi connectivity index (χ2v) is 5.61. The fraction of sp³-hybridized carbons (Fsp3) is 0.533. The third kappa shape index (κ3) is 2.15. The molecule has 4 nitrogen and oxygen atoms in total. The maximum Gasteiger partial charge on any atom is 0.238 e. The van der Waals surface area contributed by atoms with E-state index in [0.29, 0.717) is 0 Å². The fourth-order valence-corrected chi connectivity index (χ4v) is 3.42. The summed E-state index contributed by atoms with van der Waals surface area (Å²) < 4.78 is 0. The number of fused-ring (bicyclic) bond motifs is 1. The smallest absolute Gasteiger partial charge is 0.238 e. The number of nitrogens with one attached hydrogen (secondary N) is 1. The Morgan fingerprint density at radius 1 is 1.16 bits per heavy atom. The summed E-state index contributed by atoms with van der Waals surface area (Å²) in [6.45, 7) is 3.81. The van der Waals surface area contributed by atoms with Crippen molar-refractivity contribution in [1.82, 2.24) is 10.2 Å². The van der Waals surface area contributed by atoms with Gasteiger partial charge < -0.3 is 11.1 Å². The number of amides is 1. The van der Waals surface area contributed by atoms with Crippen LogP contribution in [0.25, 0.3) is 0 Å². The summed E-state index contributed by atoms with van der Waals surface area (Å²) in [7, 11) is 0. The van der Waals surface area contributed by atoms with Gasteiger partial charge in [-0.05, 0) is 24.1 Å². The maximum absolute atomic E-state index is 12.2. The van der Waals surface area contributed by atoms with Gasteiger partial charge >= 0.3 is 0 Å². The first kappa shape index (κ1) is 12.6. The molecular formula is C15H21N3O. The summed E-state index contributed by atoms with van der Waals surface area (Å²) >= 11 is 0. The number of hydrogen-bond donors (Lipinski definition) is 2. The van der Waals surface area contributed by atoms with Gasteiger partial charge in [-0.3, -0.25) is 9.69 Å². The molecule has 3 N–H and O–H groups in total. The van der Waals surface area contributed by atoms with Crippen LogP contribution < -0.4 is 11.1 Å². The zero-order valence-corrected chi connectivity index (χ0v) is 11.2. The SMILES string of the molecule is NC(=O)C1(N2CCCNCC2)Cc2ccccc2C1. The lowest BCUT2D eigenvalue weighted by molar-refractivity contribution is -0.129.